The molecule has 5 heteroatoms. The number of hydrogen-bond acceptors (Lipinski definition) is 3. The van der Waals surface area contributed by atoms with Crippen LogP contribution >= 0.6 is 0 Å². The second-order valence-electron chi connectivity index (χ2n) is 6.16. The third-order valence-electron chi connectivity index (χ3n) is 4.63. The van der Waals surface area contributed by atoms with Crippen molar-refractivity contribution in [1.29, 1.82) is 0 Å². The molecule has 4 atom stereocenters. The van der Waals surface area contributed by atoms with Crippen LogP contribution in [0.5, 0.6) is 0 Å². The van der Waals surface area contributed by atoms with Crippen LogP contribution in [0.2, 0.25) is 0 Å². The van der Waals surface area contributed by atoms with Gasteiger partial charge in [0, 0.05) is 0 Å². The van der Waals surface area contributed by atoms with E-state index in [1.807, 2.05) is 6.92 Å². The minimum atomic E-state index is -0.470. The van der Waals surface area contributed by atoms with Crippen LogP contribution in [0.3, 0.4) is 0 Å². The smallest absolute Gasteiger partial charge is 0.315 e. The molecule has 0 spiro atoms. The Morgan fingerprint density at radius 3 is 2.67 bits per heavy atom. The Labute approximate surface area is 107 Å². The van der Waals surface area contributed by atoms with E-state index in [1.54, 1.807) is 0 Å². The van der Waals surface area contributed by atoms with Crippen molar-refractivity contribution in [2.45, 2.75) is 62.8 Å². The zero-order valence-electron chi connectivity index (χ0n) is 10.8. The zero-order chi connectivity index (χ0) is 12.8. The van der Waals surface area contributed by atoms with E-state index in [0.29, 0.717) is 12.0 Å². The van der Waals surface area contributed by atoms with Crippen molar-refractivity contribution in [2.24, 2.45) is 5.92 Å². The summed E-state index contributed by atoms with van der Waals surface area (Å²) in [6, 6.07) is -0.0227. The Morgan fingerprint density at radius 1 is 1.39 bits per heavy atom. The lowest BCUT2D eigenvalue weighted by molar-refractivity contribution is 0.0973. The first-order valence-electron chi connectivity index (χ1n) is 6.96. The third kappa shape index (κ3) is 2.21. The van der Waals surface area contributed by atoms with Gasteiger partial charge in [0.1, 0.15) is 0 Å². The lowest BCUT2D eigenvalue weighted by Gasteiger charge is -2.30. The topological polar surface area (TPSA) is 70.6 Å². The Bertz CT molecular complexity index is 345. The highest BCUT2D eigenvalue weighted by Gasteiger charge is 2.44. The highest BCUT2D eigenvalue weighted by molar-refractivity contribution is 5.75. The molecule has 3 aliphatic rings. The molecular formula is C13H22N2O3. The van der Waals surface area contributed by atoms with Crippen LogP contribution in [0, 0.1) is 5.92 Å². The van der Waals surface area contributed by atoms with Gasteiger partial charge in [-0.1, -0.05) is 0 Å². The van der Waals surface area contributed by atoms with Crippen molar-refractivity contribution in [1.82, 2.24) is 10.6 Å². The van der Waals surface area contributed by atoms with Crippen molar-refractivity contribution in [3.8, 4) is 0 Å². The predicted octanol–water partition coefficient (Wildman–Crippen LogP) is 0.766. The monoisotopic (exact) mass is 254 g/mol. The number of hydrogen-bond donors (Lipinski definition) is 3. The molecule has 0 aromatic rings. The first-order valence-corrected chi connectivity index (χ1v) is 6.96. The van der Waals surface area contributed by atoms with Gasteiger partial charge in [0.25, 0.3) is 0 Å². The Balaban J connectivity index is 1.52. The Kier molecular flexibility index (Phi) is 2.98. The van der Waals surface area contributed by atoms with Crippen LogP contribution in [0.15, 0.2) is 0 Å². The normalized spacial score (nSPS) is 37.3. The summed E-state index contributed by atoms with van der Waals surface area (Å²) in [5, 5.41) is 15.4. The molecule has 3 fully saturated rings. The molecule has 18 heavy (non-hydrogen) atoms. The Hall–Kier alpha value is -0.810. The largest absolute Gasteiger partial charge is 0.394 e. The molecular weight excluding hydrogens is 232 g/mol. The number of fused-ring (bicyclic) bond motifs is 2. The van der Waals surface area contributed by atoms with E-state index in [-0.39, 0.29) is 24.8 Å². The lowest BCUT2D eigenvalue weighted by atomic mass is 9.95. The fraction of sp³-hybridized carbons (Fsp3) is 0.923. The minimum absolute atomic E-state index is 0.00168. The molecule has 1 saturated carbocycles. The molecule has 0 aromatic heterocycles. The number of ether oxygens (including phenoxy) is 1. The van der Waals surface area contributed by atoms with Crippen molar-refractivity contribution < 1.29 is 14.6 Å². The van der Waals surface area contributed by atoms with Crippen molar-refractivity contribution in [2.75, 3.05) is 6.61 Å². The van der Waals surface area contributed by atoms with Gasteiger partial charge >= 0.3 is 6.03 Å². The van der Waals surface area contributed by atoms with E-state index in [2.05, 4.69) is 10.6 Å². The van der Waals surface area contributed by atoms with Crippen LogP contribution in [0.1, 0.15) is 39.0 Å². The molecule has 0 radical (unpaired) electrons. The van der Waals surface area contributed by atoms with Crippen LogP contribution < -0.4 is 10.6 Å². The summed E-state index contributed by atoms with van der Waals surface area (Å²) in [4.78, 5) is 12.0. The van der Waals surface area contributed by atoms with E-state index < -0.39 is 5.54 Å². The van der Waals surface area contributed by atoms with Crippen molar-refractivity contribution in [3.63, 3.8) is 0 Å². The van der Waals surface area contributed by atoms with E-state index in [1.165, 1.54) is 0 Å². The van der Waals surface area contributed by atoms with Crippen molar-refractivity contribution >= 4 is 6.03 Å². The second-order valence-corrected chi connectivity index (χ2v) is 6.16. The molecule has 3 rings (SSSR count). The summed E-state index contributed by atoms with van der Waals surface area (Å²) in [5.41, 5.74) is -0.470. The maximum Gasteiger partial charge on any atom is 0.315 e. The summed E-state index contributed by atoms with van der Waals surface area (Å²) in [7, 11) is 0. The van der Waals surface area contributed by atoms with Gasteiger partial charge in [-0.05, 0) is 44.9 Å². The number of aliphatic hydroxyl groups is 1. The molecule has 2 saturated heterocycles. The summed E-state index contributed by atoms with van der Waals surface area (Å²) >= 11 is 0. The predicted molar refractivity (Wildman–Crippen MR) is 66.2 cm³/mol. The summed E-state index contributed by atoms with van der Waals surface area (Å²) < 4.78 is 5.71. The molecule has 102 valence electrons. The molecule has 4 unspecified atom stereocenters. The average molecular weight is 254 g/mol. The van der Waals surface area contributed by atoms with Gasteiger partial charge in [-0.25, -0.2) is 4.79 Å². The van der Waals surface area contributed by atoms with E-state index in [4.69, 9.17) is 4.74 Å². The third-order valence-corrected chi connectivity index (χ3v) is 4.63. The first kappa shape index (κ1) is 12.2. The summed E-state index contributed by atoms with van der Waals surface area (Å²) in [6.45, 7) is 1.92. The molecule has 2 amide bonds. The number of nitrogens with one attached hydrogen (secondary N) is 2. The number of aliphatic hydroxyl groups excluding tert-OH is 1. The van der Waals surface area contributed by atoms with Crippen LogP contribution in [-0.4, -0.2) is 41.5 Å². The molecule has 3 N–H and O–H groups in total. The fourth-order valence-electron chi connectivity index (χ4n) is 3.24. The summed E-state index contributed by atoms with van der Waals surface area (Å²) in [6.07, 6.45) is 5.83. The van der Waals surface area contributed by atoms with Crippen LogP contribution in [0.25, 0.3) is 0 Å². The number of rotatable bonds is 4. The lowest BCUT2D eigenvalue weighted by Crippen LogP contribution is -2.56. The van der Waals surface area contributed by atoms with Crippen LogP contribution in [0.4, 0.5) is 4.79 Å². The summed E-state index contributed by atoms with van der Waals surface area (Å²) in [5.74, 6) is 0.421. The zero-order valence-corrected chi connectivity index (χ0v) is 10.8. The van der Waals surface area contributed by atoms with E-state index >= 15 is 0 Å². The van der Waals surface area contributed by atoms with E-state index in [9.17, 15) is 9.90 Å². The molecule has 2 bridgehead atoms. The number of amides is 2. The molecule has 5 nitrogen and oxygen atoms in total. The Morgan fingerprint density at radius 2 is 2.17 bits per heavy atom. The molecule has 1 aliphatic carbocycles. The maximum atomic E-state index is 12.0. The van der Waals surface area contributed by atoms with Gasteiger partial charge in [-0.3, -0.25) is 0 Å². The van der Waals surface area contributed by atoms with Gasteiger partial charge in [-0.2, -0.15) is 0 Å². The molecule has 2 aliphatic heterocycles. The van der Waals surface area contributed by atoms with E-state index in [0.717, 1.165) is 32.1 Å². The van der Waals surface area contributed by atoms with Crippen molar-refractivity contribution in [3.05, 3.63) is 0 Å². The fourth-order valence-corrected chi connectivity index (χ4v) is 3.24. The number of carbonyl (C=O) groups is 1. The average Bonchev–Trinajstić information content (AvgIpc) is 3.02. The standard InChI is InChI=1S/C13H22N2O3/c1-13(7-16,8-2-3-8)15-12(17)14-10-6-9-4-5-11(10)18-9/h8-11,16H,2-7H2,1H3,(H2,14,15,17). The maximum absolute atomic E-state index is 12.0. The first-order chi connectivity index (χ1) is 8.60. The number of urea groups is 1. The van der Waals surface area contributed by atoms with Gasteiger partial charge in [0.2, 0.25) is 0 Å². The quantitative estimate of drug-likeness (QED) is 0.694. The van der Waals surface area contributed by atoms with Gasteiger partial charge in [-0.15, -0.1) is 0 Å². The molecule has 0 aromatic carbocycles. The van der Waals surface area contributed by atoms with Gasteiger partial charge < -0.3 is 20.5 Å². The number of carbonyl (C=O) groups excluding carboxylic acids is 1. The molecule has 2 heterocycles. The second kappa shape index (κ2) is 4.38. The van der Waals surface area contributed by atoms with Gasteiger partial charge in [0.15, 0.2) is 0 Å². The van der Waals surface area contributed by atoms with Crippen LogP contribution in [-0.2, 0) is 4.74 Å². The SMILES string of the molecule is CC(CO)(NC(=O)NC1CC2CCC1O2)C1CC1. The minimum Gasteiger partial charge on any atom is -0.394 e. The highest BCUT2D eigenvalue weighted by atomic mass is 16.5. The van der Waals surface area contributed by atoms with Gasteiger partial charge in [0.05, 0.1) is 30.4 Å². The highest BCUT2D eigenvalue weighted by Crippen LogP contribution is 2.39.